The van der Waals surface area contributed by atoms with Gasteiger partial charge in [-0.25, -0.2) is 0 Å². The molecule has 0 aliphatic carbocycles. The molecule has 0 radical (unpaired) electrons. The lowest BCUT2D eigenvalue weighted by molar-refractivity contribution is -0.129. The number of fused-ring (bicyclic) bond motifs is 5. The summed E-state index contributed by atoms with van der Waals surface area (Å²) in [6.45, 7) is 5.25. The second-order valence-electron chi connectivity index (χ2n) is 6.18. The van der Waals surface area contributed by atoms with Crippen LogP contribution in [0.15, 0.2) is 24.3 Å². The van der Waals surface area contributed by atoms with Crippen molar-refractivity contribution in [1.29, 1.82) is 0 Å². The fourth-order valence-corrected chi connectivity index (χ4v) is 3.83. The number of hydrogen-bond acceptors (Lipinski definition) is 1. The zero-order valence-electron chi connectivity index (χ0n) is 12.1. The summed E-state index contributed by atoms with van der Waals surface area (Å²) in [5.41, 5.74) is 5.57. The minimum atomic E-state index is 0.331. The highest BCUT2D eigenvalue weighted by Crippen LogP contribution is 2.41. The molecule has 0 spiro atoms. The Morgan fingerprint density at radius 3 is 2.75 bits per heavy atom. The average molecular weight is 265 g/mol. The van der Waals surface area contributed by atoms with E-state index in [1.807, 2.05) is 0 Å². The monoisotopic (exact) mass is 265 g/mol. The summed E-state index contributed by atoms with van der Waals surface area (Å²) in [4.78, 5) is 14.0. The van der Waals surface area contributed by atoms with Crippen LogP contribution in [0.3, 0.4) is 0 Å². The zero-order valence-corrected chi connectivity index (χ0v) is 12.1. The zero-order chi connectivity index (χ0) is 13.9. The molecule has 1 amide bonds. The van der Waals surface area contributed by atoms with Crippen LogP contribution < -0.4 is 0 Å². The summed E-state index contributed by atoms with van der Waals surface area (Å²) in [7, 11) is 0. The minimum absolute atomic E-state index is 0.331. The Morgan fingerprint density at radius 2 is 1.90 bits per heavy atom. The molecule has 0 unspecified atom stereocenters. The molecule has 2 nitrogen and oxygen atoms in total. The van der Waals surface area contributed by atoms with Crippen molar-refractivity contribution in [3.05, 3.63) is 46.5 Å². The normalized spacial score (nSPS) is 21.2. The van der Waals surface area contributed by atoms with Crippen LogP contribution in [0.2, 0.25) is 0 Å². The topological polar surface area (TPSA) is 20.3 Å². The van der Waals surface area contributed by atoms with E-state index in [1.54, 1.807) is 0 Å². The molecule has 2 aromatic carbocycles. The van der Waals surface area contributed by atoms with E-state index >= 15 is 0 Å². The fraction of sp³-hybridized carbons (Fsp3) is 0.389. The molecule has 1 atom stereocenters. The Kier molecular flexibility index (Phi) is 2.44. The third-order valence-electron chi connectivity index (χ3n) is 5.07. The van der Waals surface area contributed by atoms with Crippen LogP contribution in [-0.2, 0) is 11.2 Å². The summed E-state index contributed by atoms with van der Waals surface area (Å²) in [6.07, 6.45) is 2.70. The smallest absolute Gasteiger partial charge is 0.223 e. The van der Waals surface area contributed by atoms with E-state index in [2.05, 4.69) is 43.0 Å². The standard InChI is InChI=1S/C18H19NO/c1-11-9-13-3-4-15-14(16(13)10-12(11)2)7-8-19-17(15)5-6-18(19)20/h3-4,9-10,17H,5-8H2,1-2H3/t17-/m1/s1. The van der Waals surface area contributed by atoms with Gasteiger partial charge < -0.3 is 4.90 Å². The molecule has 20 heavy (non-hydrogen) atoms. The van der Waals surface area contributed by atoms with Crippen molar-refractivity contribution in [2.24, 2.45) is 0 Å². The highest BCUT2D eigenvalue weighted by molar-refractivity contribution is 5.89. The summed E-state index contributed by atoms with van der Waals surface area (Å²) in [5, 5.41) is 2.73. The second kappa shape index (κ2) is 4.08. The third-order valence-corrected chi connectivity index (χ3v) is 5.07. The first kappa shape index (κ1) is 12.0. The molecule has 2 heterocycles. The summed E-state index contributed by atoms with van der Waals surface area (Å²) >= 11 is 0. The van der Waals surface area contributed by atoms with Crippen molar-refractivity contribution in [3.63, 3.8) is 0 Å². The Hall–Kier alpha value is -1.83. The maximum atomic E-state index is 11.9. The van der Waals surface area contributed by atoms with E-state index in [4.69, 9.17) is 0 Å². The number of aryl methyl sites for hydroxylation is 2. The number of hydrogen-bond donors (Lipinski definition) is 0. The van der Waals surface area contributed by atoms with E-state index in [9.17, 15) is 4.79 Å². The molecule has 102 valence electrons. The molecule has 1 fully saturated rings. The molecular weight excluding hydrogens is 246 g/mol. The van der Waals surface area contributed by atoms with Gasteiger partial charge >= 0.3 is 0 Å². The van der Waals surface area contributed by atoms with Gasteiger partial charge in [0.1, 0.15) is 0 Å². The molecular formula is C18H19NO. The molecule has 4 rings (SSSR count). The van der Waals surface area contributed by atoms with Crippen molar-refractivity contribution in [3.8, 4) is 0 Å². The largest absolute Gasteiger partial charge is 0.335 e. The molecule has 2 heteroatoms. The van der Waals surface area contributed by atoms with Crippen molar-refractivity contribution >= 4 is 16.7 Å². The average Bonchev–Trinajstić information content (AvgIpc) is 2.82. The van der Waals surface area contributed by atoms with E-state index in [-0.39, 0.29) is 0 Å². The number of benzene rings is 2. The highest BCUT2D eigenvalue weighted by Gasteiger charge is 2.36. The van der Waals surface area contributed by atoms with Gasteiger partial charge in [-0.15, -0.1) is 0 Å². The first-order chi connectivity index (χ1) is 9.65. The fourth-order valence-electron chi connectivity index (χ4n) is 3.83. The van der Waals surface area contributed by atoms with E-state index in [0.717, 1.165) is 25.8 Å². The lowest BCUT2D eigenvalue weighted by Crippen LogP contribution is -2.34. The first-order valence-corrected chi connectivity index (χ1v) is 7.47. The molecule has 0 saturated carbocycles. The molecule has 0 bridgehead atoms. The maximum Gasteiger partial charge on any atom is 0.223 e. The van der Waals surface area contributed by atoms with Crippen LogP contribution in [0.4, 0.5) is 0 Å². The van der Waals surface area contributed by atoms with Crippen LogP contribution in [0.1, 0.15) is 41.1 Å². The van der Waals surface area contributed by atoms with Gasteiger partial charge in [0.15, 0.2) is 0 Å². The van der Waals surface area contributed by atoms with Crippen LogP contribution >= 0.6 is 0 Å². The Balaban J connectivity index is 1.95. The van der Waals surface area contributed by atoms with E-state index in [0.29, 0.717) is 11.9 Å². The first-order valence-electron chi connectivity index (χ1n) is 7.47. The van der Waals surface area contributed by atoms with Gasteiger partial charge in [-0.05, 0) is 59.7 Å². The second-order valence-corrected chi connectivity index (χ2v) is 6.18. The van der Waals surface area contributed by atoms with Gasteiger partial charge in [-0.3, -0.25) is 4.79 Å². The van der Waals surface area contributed by atoms with Crippen LogP contribution in [0.25, 0.3) is 10.8 Å². The van der Waals surface area contributed by atoms with Crippen molar-refractivity contribution in [2.75, 3.05) is 6.54 Å². The Bertz CT molecular complexity index is 732. The maximum absolute atomic E-state index is 11.9. The molecule has 2 aliphatic rings. The molecule has 2 aromatic rings. The number of carbonyl (C=O) groups excluding carboxylic acids is 1. The number of nitrogens with zero attached hydrogens (tertiary/aromatic N) is 1. The van der Waals surface area contributed by atoms with E-state index in [1.165, 1.54) is 33.0 Å². The summed E-state index contributed by atoms with van der Waals surface area (Å²) in [5.74, 6) is 0.334. The van der Waals surface area contributed by atoms with Gasteiger partial charge in [0, 0.05) is 13.0 Å². The number of amides is 1. The predicted octanol–water partition coefficient (Wildman–Crippen LogP) is 3.68. The number of carbonyl (C=O) groups is 1. The van der Waals surface area contributed by atoms with Gasteiger partial charge in [0.25, 0.3) is 0 Å². The van der Waals surface area contributed by atoms with Crippen molar-refractivity contribution in [2.45, 2.75) is 39.2 Å². The summed E-state index contributed by atoms with van der Waals surface area (Å²) in [6, 6.07) is 9.43. The SMILES string of the molecule is Cc1cc2ccc3c(c2cc1C)CCN1C(=O)CC[C@H]31. The summed E-state index contributed by atoms with van der Waals surface area (Å²) < 4.78 is 0. The van der Waals surface area contributed by atoms with Crippen molar-refractivity contribution < 1.29 is 4.79 Å². The Labute approximate surface area is 119 Å². The van der Waals surface area contributed by atoms with Crippen LogP contribution in [0.5, 0.6) is 0 Å². The van der Waals surface area contributed by atoms with Crippen LogP contribution in [-0.4, -0.2) is 17.4 Å². The number of rotatable bonds is 0. The van der Waals surface area contributed by atoms with Crippen molar-refractivity contribution in [1.82, 2.24) is 4.90 Å². The molecule has 1 saturated heterocycles. The quantitative estimate of drug-likeness (QED) is 0.711. The molecule has 2 aliphatic heterocycles. The molecule has 0 N–H and O–H groups in total. The highest BCUT2D eigenvalue weighted by atomic mass is 16.2. The predicted molar refractivity (Wildman–Crippen MR) is 80.8 cm³/mol. The lowest BCUT2D eigenvalue weighted by Gasteiger charge is -2.33. The minimum Gasteiger partial charge on any atom is -0.335 e. The van der Waals surface area contributed by atoms with Crippen LogP contribution in [0, 0.1) is 13.8 Å². The van der Waals surface area contributed by atoms with Gasteiger partial charge in [-0.1, -0.05) is 24.3 Å². The van der Waals surface area contributed by atoms with E-state index < -0.39 is 0 Å². The van der Waals surface area contributed by atoms with Gasteiger partial charge in [0.2, 0.25) is 5.91 Å². The third kappa shape index (κ3) is 1.54. The van der Waals surface area contributed by atoms with Gasteiger partial charge in [0.05, 0.1) is 6.04 Å². The lowest BCUT2D eigenvalue weighted by atomic mass is 9.87. The van der Waals surface area contributed by atoms with Gasteiger partial charge in [-0.2, -0.15) is 0 Å². The molecule has 0 aromatic heterocycles. The Morgan fingerprint density at radius 1 is 1.10 bits per heavy atom.